The van der Waals surface area contributed by atoms with Crippen LogP contribution in [-0.4, -0.2) is 17.0 Å². The molecule has 0 N–H and O–H groups in total. The van der Waals surface area contributed by atoms with Crippen LogP contribution in [0.25, 0.3) is 0 Å². The van der Waals surface area contributed by atoms with Crippen LogP contribution >= 0.6 is 15.8 Å². The predicted octanol–water partition coefficient (Wildman–Crippen LogP) is 13.2. The summed E-state index contributed by atoms with van der Waals surface area (Å²) in [7, 11) is -2.59. The smallest absolute Gasteiger partial charge is 0.166 e. The van der Waals surface area contributed by atoms with E-state index < -0.39 is 56.7 Å². The fourth-order valence-corrected chi connectivity index (χ4v) is 16.5. The van der Waals surface area contributed by atoms with Gasteiger partial charge in [-0.05, 0) is 140 Å². The number of hydrogen-bond donors (Lipinski definition) is 0. The highest BCUT2D eigenvalue weighted by Gasteiger charge is 2.43. The zero-order chi connectivity index (χ0) is 37.4. The van der Waals surface area contributed by atoms with E-state index in [-0.39, 0.29) is 34.1 Å². The molecule has 4 atom stereocenters. The van der Waals surface area contributed by atoms with Crippen LogP contribution in [0.3, 0.4) is 0 Å². The molecular weight excluding hydrogens is 725 g/mol. The minimum absolute atomic E-state index is 0.00756. The van der Waals surface area contributed by atoms with Crippen molar-refractivity contribution in [3.05, 3.63) is 88.5 Å². The van der Waals surface area contributed by atoms with Crippen LogP contribution in [0.1, 0.15) is 124 Å². The Morgan fingerprint density at radius 1 is 0.558 bits per heavy atom. The van der Waals surface area contributed by atoms with Gasteiger partial charge < -0.3 is 0 Å². The Hall–Kier alpha value is -2.11. The number of alkyl halides is 9. The maximum absolute atomic E-state index is 14.2. The molecule has 11 heteroatoms. The highest BCUT2D eigenvalue weighted by Crippen LogP contribution is 2.58. The van der Waals surface area contributed by atoms with Crippen LogP contribution < -0.4 is 15.9 Å². The highest BCUT2D eigenvalue weighted by molar-refractivity contribution is 7.73. The van der Waals surface area contributed by atoms with Crippen molar-refractivity contribution in [2.45, 2.75) is 139 Å². The van der Waals surface area contributed by atoms with Crippen molar-refractivity contribution < 1.29 is 39.5 Å². The minimum Gasteiger partial charge on any atom is -0.166 e. The summed E-state index contributed by atoms with van der Waals surface area (Å²) < 4.78 is 128. The quantitative estimate of drug-likeness (QED) is 0.158. The number of aryl methyl sites for hydroxylation is 1. The molecule has 284 valence electrons. The van der Waals surface area contributed by atoms with Crippen molar-refractivity contribution in [2.75, 3.05) is 0 Å². The third-order valence-corrected chi connectivity index (χ3v) is 18.1. The Balaban J connectivity index is 1.48. The summed E-state index contributed by atoms with van der Waals surface area (Å²) in [5.74, 6) is -0.131. The molecule has 3 aliphatic rings. The molecule has 3 saturated carbocycles. The van der Waals surface area contributed by atoms with Crippen molar-refractivity contribution in [3.8, 4) is 0 Å². The lowest BCUT2D eigenvalue weighted by Crippen LogP contribution is -2.32. The summed E-state index contributed by atoms with van der Waals surface area (Å²) >= 11 is 0. The fourth-order valence-electron chi connectivity index (χ4n) is 9.35. The molecule has 4 unspecified atom stereocenters. The van der Waals surface area contributed by atoms with Gasteiger partial charge in [-0.25, -0.2) is 0 Å². The Morgan fingerprint density at radius 2 is 1.04 bits per heavy atom. The Morgan fingerprint density at radius 3 is 1.56 bits per heavy atom. The number of halogens is 9. The average molecular weight is 773 g/mol. The van der Waals surface area contributed by atoms with Gasteiger partial charge in [0.25, 0.3) is 0 Å². The molecule has 6 rings (SSSR count). The van der Waals surface area contributed by atoms with Crippen LogP contribution in [0.2, 0.25) is 0 Å². The minimum atomic E-state index is -5.08. The average Bonchev–Trinajstić information content (AvgIpc) is 3.58. The Labute approximate surface area is 303 Å². The first kappa shape index (κ1) is 39.6. The highest BCUT2D eigenvalue weighted by atomic mass is 31.1. The van der Waals surface area contributed by atoms with E-state index in [0.717, 1.165) is 37.1 Å². The summed E-state index contributed by atoms with van der Waals surface area (Å²) in [6.07, 6.45) is -0.318. The van der Waals surface area contributed by atoms with Gasteiger partial charge in [0.2, 0.25) is 0 Å². The first-order valence-electron chi connectivity index (χ1n) is 18.7. The second-order valence-corrected chi connectivity index (χ2v) is 20.5. The summed E-state index contributed by atoms with van der Waals surface area (Å²) in [5.41, 5.74) is -1.59. The van der Waals surface area contributed by atoms with E-state index in [1.807, 2.05) is 13.0 Å². The van der Waals surface area contributed by atoms with Gasteiger partial charge in [-0.2, -0.15) is 39.5 Å². The second kappa shape index (κ2) is 15.9. The van der Waals surface area contributed by atoms with Gasteiger partial charge in [0.05, 0.1) is 16.7 Å². The van der Waals surface area contributed by atoms with Gasteiger partial charge in [0.15, 0.2) is 0 Å². The summed E-state index contributed by atoms with van der Waals surface area (Å²) in [6, 6.07) is 13.7. The van der Waals surface area contributed by atoms with Crippen molar-refractivity contribution in [1.82, 2.24) is 0 Å². The SMILES string of the molecule is Cc1cc(P(c2cc(C(F)(F)F)cc(C(F)(F)F)c2)C(C)C2CCCC2c2ccccc2P(C2CCCCC2)C2CCCCC2)cc(C(F)(F)F)c1. The first-order chi connectivity index (χ1) is 24.5. The van der Waals surface area contributed by atoms with E-state index in [2.05, 4.69) is 18.2 Å². The largest absolute Gasteiger partial charge is 0.416 e. The lowest BCUT2D eigenvalue weighted by Gasteiger charge is -2.41. The molecule has 0 aromatic heterocycles. The van der Waals surface area contributed by atoms with Crippen LogP contribution in [0.15, 0.2) is 60.7 Å². The molecule has 3 aromatic rings. The topological polar surface area (TPSA) is 0 Å². The molecule has 3 aliphatic carbocycles. The lowest BCUT2D eigenvalue weighted by atomic mass is 9.87. The van der Waals surface area contributed by atoms with Crippen LogP contribution in [-0.2, 0) is 18.5 Å². The number of benzene rings is 3. The Kier molecular flexibility index (Phi) is 12.1. The van der Waals surface area contributed by atoms with Gasteiger partial charge in [0.1, 0.15) is 0 Å². The van der Waals surface area contributed by atoms with Gasteiger partial charge in [-0.1, -0.05) is 90.1 Å². The molecule has 0 spiro atoms. The van der Waals surface area contributed by atoms with Gasteiger partial charge in [0, 0.05) is 0 Å². The molecule has 3 aromatic carbocycles. The van der Waals surface area contributed by atoms with Crippen molar-refractivity contribution >= 4 is 31.8 Å². The summed E-state index contributed by atoms with van der Waals surface area (Å²) in [4.78, 5) is 0. The van der Waals surface area contributed by atoms with Gasteiger partial charge in [-0.3, -0.25) is 0 Å². The maximum atomic E-state index is 14.2. The maximum Gasteiger partial charge on any atom is 0.416 e. The standard InChI is InChI=1S/C41H47F9P2/c1-26-20-28(39(42,43)44)23-33(21-26)51(34-24-29(40(45,46)47)22-30(25-34)41(48,49)50)27(2)35-17-11-18-36(35)37-16-9-10-19-38(37)52(31-12-5-3-6-13-31)32-14-7-4-8-15-32/h9-10,16,19-25,27,31-32,35-36H,3-8,11-15,17-18H2,1-2H3. The van der Waals surface area contributed by atoms with Crippen molar-refractivity contribution in [1.29, 1.82) is 0 Å². The normalized spacial score (nSPS) is 22.5. The van der Waals surface area contributed by atoms with Gasteiger partial charge in [-0.15, -0.1) is 0 Å². The van der Waals surface area contributed by atoms with E-state index in [1.165, 1.54) is 88.1 Å². The molecule has 0 amide bonds. The van der Waals surface area contributed by atoms with E-state index in [4.69, 9.17) is 0 Å². The van der Waals surface area contributed by atoms with E-state index in [0.29, 0.717) is 17.7 Å². The fraction of sp³-hybridized carbons (Fsp3) is 0.561. The molecule has 0 aliphatic heterocycles. The van der Waals surface area contributed by atoms with E-state index in [9.17, 15) is 39.5 Å². The molecule has 0 saturated heterocycles. The van der Waals surface area contributed by atoms with E-state index in [1.54, 1.807) is 0 Å². The van der Waals surface area contributed by atoms with Crippen LogP contribution in [0.5, 0.6) is 0 Å². The molecule has 0 radical (unpaired) electrons. The van der Waals surface area contributed by atoms with Crippen LogP contribution in [0.4, 0.5) is 39.5 Å². The molecule has 3 fully saturated rings. The van der Waals surface area contributed by atoms with Crippen LogP contribution in [0, 0.1) is 12.8 Å². The zero-order valence-corrected chi connectivity index (χ0v) is 31.4. The molecule has 0 heterocycles. The predicted molar refractivity (Wildman–Crippen MR) is 195 cm³/mol. The monoisotopic (exact) mass is 772 g/mol. The second-order valence-electron chi connectivity index (χ2n) is 15.2. The summed E-state index contributed by atoms with van der Waals surface area (Å²) in [6.45, 7) is 3.34. The van der Waals surface area contributed by atoms with Gasteiger partial charge >= 0.3 is 18.5 Å². The molecule has 52 heavy (non-hydrogen) atoms. The first-order valence-corrected chi connectivity index (χ1v) is 21.6. The van der Waals surface area contributed by atoms with Crippen molar-refractivity contribution in [3.63, 3.8) is 0 Å². The third-order valence-electron chi connectivity index (χ3n) is 11.7. The third kappa shape index (κ3) is 8.88. The summed E-state index contributed by atoms with van der Waals surface area (Å²) in [5, 5.41) is 1.35. The number of hydrogen-bond acceptors (Lipinski definition) is 0. The Bertz CT molecular complexity index is 1620. The van der Waals surface area contributed by atoms with Crippen molar-refractivity contribution in [2.24, 2.45) is 5.92 Å². The van der Waals surface area contributed by atoms with E-state index >= 15 is 0 Å². The molecular formula is C41H47F9P2. The molecule has 0 bridgehead atoms. The number of rotatable bonds is 8. The zero-order valence-electron chi connectivity index (χ0n) is 29.6. The molecule has 0 nitrogen and oxygen atoms in total. The lowest BCUT2D eigenvalue weighted by molar-refractivity contribution is -0.143.